The summed E-state index contributed by atoms with van der Waals surface area (Å²) in [5.41, 5.74) is 0.640. The highest BCUT2D eigenvalue weighted by atomic mass is 14.9. The Kier molecular flexibility index (Phi) is 3.78. The standard InChI is InChI=1S/C12H25N/c1-5-6-10(2)8-13-9-11-7-12(11,3)4/h10-11,13H,5-9H2,1-4H3. The number of rotatable bonds is 6. The molecular formula is C12H25N. The van der Waals surface area contributed by atoms with E-state index >= 15 is 0 Å². The van der Waals surface area contributed by atoms with Gasteiger partial charge < -0.3 is 5.32 Å². The van der Waals surface area contributed by atoms with Crippen LogP contribution >= 0.6 is 0 Å². The molecule has 1 rings (SSSR count). The highest BCUT2D eigenvalue weighted by Gasteiger charge is 2.44. The molecule has 0 heterocycles. The molecule has 1 N–H and O–H groups in total. The fourth-order valence-corrected chi connectivity index (χ4v) is 2.02. The summed E-state index contributed by atoms with van der Waals surface area (Å²) in [5, 5.41) is 3.59. The van der Waals surface area contributed by atoms with Crippen molar-refractivity contribution < 1.29 is 0 Å². The smallest absolute Gasteiger partial charge is 0.00151 e. The Hall–Kier alpha value is -0.0400. The summed E-state index contributed by atoms with van der Waals surface area (Å²) >= 11 is 0. The second-order valence-corrected chi connectivity index (χ2v) is 5.44. The van der Waals surface area contributed by atoms with Gasteiger partial charge in [-0.1, -0.05) is 34.1 Å². The van der Waals surface area contributed by atoms with Gasteiger partial charge in [0.2, 0.25) is 0 Å². The van der Waals surface area contributed by atoms with E-state index in [4.69, 9.17) is 0 Å². The Morgan fingerprint density at radius 2 is 2.08 bits per heavy atom. The quantitative estimate of drug-likeness (QED) is 0.667. The molecule has 1 nitrogen and oxygen atoms in total. The van der Waals surface area contributed by atoms with Crippen LogP contribution in [0.2, 0.25) is 0 Å². The highest BCUT2D eigenvalue weighted by Crippen LogP contribution is 2.50. The van der Waals surface area contributed by atoms with E-state index in [2.05, 4.69) is 33.0 Å². The largest absolute Gasteiger partial charge is 0.316 e. The third-order valence-corrected chi connectivity index (χ3v) is 3.38. The first kappa shape index (κ1) is 11.0. The summed E-state index contributed by atoms with van der Waals surface area (Å²) in [7, 11) is 0. The third-order valence-electron chi connectivity index (χ3n) is 3.38. The number of hydrogen-bond donors (Lipinski definition) is 1. The molecule has 78 valence electrons. The molecule has 13 heavy (non-hydrogen) atoms. The highest BCUT2D eigenvalue weighted by molar-refractivity contribution is 4.96. The minimum atomic E-state index is 0.640. The van der Waals surface area contributed by atoms with Gasteiger partial charge in [-0.25, -0.2) is 0 Å². The van der Waals surface area contributed by atoms with Crippen LogP contribution in [0.15, 0.2) is 0 Å². The monoisotopic (exact) mass is 183 g/mol. The van der Waals surface area contributed by atoms with E-state index in [0.29, 0.717) is 5.41 Å². The molecule has 0 aromatic rings. The van der Waals surface area contributed by atoms with Crippen LogP contribution in [-0.2, 0) is 0 Å². The molecule has 0 aromatic heterocycles. The van der Waals surface area contributed by atoms with Gasteiger partial charge in [-0.05, 0) is 43.2 Å². The van der Waals surface area contributed by atoms with E-state index in [1.807, 2.05) is 0 Å². The Labute approximate surface area is 83.3 Å². The van der Waals surface area contributed by atoms with Crippen molar-refractivity contribution in [3.05, 3.63) is 0 Å². The first-order valence-electron chi connectivity index (χ1n) is 5.77. The summed E-state index contributed by atoms with van der Waals surface area (Å²) in [4.78, 5) is 0. The average molecular weight is 183 g/mol. The maximum absolute atomic E-state index is 3.59. The first-order valence-corrected chi connectivity index (χ1v) is 5.77. The zero-order chi connectivity index (χ0) is 9.90. The zero-order valence-corrected chi connectivity index (χ0v) is 9.69. The molecule has 2 unspecified atom stereocenters. The van der Waals surface area contributed by atoms with Crippen LogP contribution in [0.4, 0.5) is 0 Å². The van der Waals surface area contributed by atoms with Crippen LogP contribution in [-0.4, -0.2) is 13.1 Å². The Morgan fingerprint density at radius 3 is 2.54 bits per heavy atom. The molecule has 0 aliphatic heterocycles. The van der Waals surface area contributed by atoms with Crippen molar-refractivity contribution in [1.82, 2.24) is 5.32 Å². The maximum atomic E-state index is 3.59. The molecule has 0 radical (unpaired) electrons. The summed E-state index contributed by atoms with van der Waals surface area (Å²) in [6.07, 6.45) is 4.10. The third kappa shape index (κ3) is 3.68. The van der Waals surface area contributed by atoms with Gasteiger partial charge >= 0.3 is 0 Å². The summed E-state index contributed by atoms with van der Waals surface area (Å²) < 4.78 is 0. The molecule has 0 amide bonds. The van der Waals surface area contributed by atoms with Crippen LogP contribution in [0.3, 0.4) is 0 Å². The first-order chi connectivity index (χ1) is 6.06. The van der Waals surface area contributed by atoms with Gasteiger partial charge in [0.25, 0.3) is 0 Å². The van der Waals surface area contributed by atoms with Crippen molar-refractivity contribution in [2.45, 2.75) is 47.0 Å². The van der Waals surface area contributed by atoms with Gasteiger partial charge in [-0.2, -0.15) is 0 Å². The van der Waals surface area contributed by atoms with Crippen LogP contribution in [0.5, 0.6) is 0 Å². The summed E-state index contributed by atoms with van der Waals surface area (Å²) in [6, 6.07) is 0. The lowest BCUT2D eigenvalue weighted by Crippen LogP contribution is -2.24. The minimum Gasteiger partial charge on any atom is -0.316 e. The predicted molar refractivity (Wildman–Crippen MR) is 58.8 cm³/mol. The molecular weight excluding hydrogens is 158 g/mol. The lowest BCUT2D eigenvalue weighted by Gasteiger charge is -2.11. The molecule has 0 bridgehead atoms. The Morgan fingerprint density at radius 1 is 1.46 bits per heavy atom. The second-order valence-electron chi connectivity index (χ2n) is 5.44. The molecule has 1 aliphatic rings. The van der Waals surface area contributed by atoms with E-state index in [1.54, 1.807) is 0 Å². The van der Waals surface area contributed by atoms with E-state index in [1.165, 1.54) is 32.4 Å². The minimum absolute atomic E-state index is 0.640. The summed E-state index contributed by atoms with van der Waals surface area (Å²) in [5.74, 6) is 1.80. The normalized spacial score (nSPS) is 27.2. The predicted octanol–water partition coefficient (Wildman–Crippen LogP) is 3.06. The average Bonchev–Trinajstić information content (AvgIpc) is 2.59. The SMILES string of the molecule is CCCC(C)CNCC1CC1(C)C. The fourth-order valence-electron chi connectivity index (χ4n) is 2.02. The van der Waals surface area contributed by atoms with Gasteiger partial charge in [0, 0.05) is 0 Å². The van der Waals surface area contributed by atoms with Crippen molar-refractivity contribution >= 4 is 0 Å². The fraction of sp³-hybridized carbons (Fsp3) is 1.00. The molecule has 1 saturated carbocycles. The molecule has 2 atom stereocenters. The lowest BCUT2D eigenvalue weighted by molar-refractivity contribution is 0.449. The molecule has 0 aromatic carbocycles. The number of nitrogens with one attached hydrogen (secondary N) is 1. The van der Waals surface area contributed by atoms with Crippen LogP contribution < -0.4 is 5.32 Å². The molecule has 0 spiro atoms. The molecule has 1 heteroatoms. The van der Waals surface area contributed by atoms with E-state index in [9.17, 15) is 0 Å². The molecule has 1 aliphatic carbocycles. The van der Waals surface area contributed by atoms with Crippen LogP contribution in [0, 0.1) is 17.3 Å². The summed E-state index contributed by atoms with van der Waals surface area (Å²) in [6.45, 7) is 11.8. The molecule has 0 saturated heterocycles. The van der Waals surface area contributed by atoms with Crippen molar-refractivity contribution in [3.8, 4) is 0 Å². The Bertz CT molecular complexity index is 151. The topological polar surface area (TPSA) is 12.0 Å². The van der Waals surface area contributed by atoms with Crippen molar-refractivity contribution in [2.24, 2.45) is 17.3 Å². The van der Waals surface area contributed by atoms with Crippen molar-refractivity contribution in [1.29, 1.82) is 0 Å². The zero-order valence-electron chi connectivity index (χ0n) is 9.69. The van der Waals surface area contributed by atoms with Crippen molar-refractivity contribution in [3.63, 3.8) is 0 Å². The van der Waals surface area contributed by atoms with E-state index < -0.39 is 0 Å². The Balaban J connectivity index is 1.96. The van der Waals surface area contributed by atoms with Gasteiger partial charge in [-0.3, -0.25) is 0 Å². The number of hydrogen-bond acceptors (Lipinski definition) is 1. The van der Waals surface area contributed by atoms with Gasteiger partial charge in [0.15, 0.2) is 0 Å². The van der Waals surface area contributed by atoms with Crippen molar-refractivity contribution in [2.75, 3.05) is 13.1 Å². The molecule has 1 fully saturated rings. The lowest BCUT2D eigenvalue weighted by atomic mass is 10.1. The van der Waals surface area contributed by atoms with Crippen LogP contribution in [0.1, 0.15) is 47.0 Å². The van der Waals surface area contributed by atoms with Gasteiger partial charge in [-0.15, -0.1) is 0 Å². The van der Waals surface area contributed by atoms with E-state index in [0.717, 1.165) is 11.8 Å². The maximum Gasteiger partial charge on any atom is -0.00151 e. The van der Waals surface area contributed by atoms with Gasteiger partial charge in [0.1, 0.15) is 0 Å². The second kappa shape index (κ2) is 4.45. The van der Waals surface area contributed by atoms with E-state index in [-0.39, 0.29) is 0 Å². The van der Waals surface area contributed by atoms with Gasteiger partial charge in [0.05, 0.1) is 0 Å². The van der Waals surface area contributed by atoms with Crippen LogP contribution in [0.25, 0.3) is 0 Å².